The van der Waals surface area contributed by atoms with Gasteiger partial charge >= 0.3 is 6.18 Å². The van der Waals surface area contributed by atoms with Crippen molar-refractivity contribution in [2.24, 2.45) is 11.6 Å². The average Bonchev–Trinajstić information content (AvgIpc) is 3.11. The largest absolute Gasteiger partial charge is 0.417 e. The zero-order chi connectivity index (χ0) is 20.5. The van der Waals surface area contributed by atoms with Crippen molar-refractivity contribution >= 4 is 11.4 Å². The van der Waals surface area contributed by atoms with Gasteiger partial charge in [-0.15, -0.1) is 0 Å². The van der Waals surface area contributed by atoms with E-state index in [0.717, 1.165) is 12.3 Å². The molecular weight excluding hydrogens is 376 g/mol. The highest BCUT2D eigenvalue weighted by atomic mass is 19.4. The predicted molar refractivity (Wildman–Crippen MR) is 96.2 cm³/mol. The lowest BCUT2D eigenvalue weighted by Crippen LogP contribution is -2.31. The average molecular weight is 392 g/mol. The SMILES string of the molecule is C/C(N)=C(\c1cn(-c2ccc(C(F)(F)F)cn2)cn1)N(N)c1ccc(F)cc1. The summed E-state index contributed by atoms with van der Waals surface area (Å²) < 4.78 is 52.6. The van der Waals surface area contributed by atoms with Crippen molar-refractivity contribution < 1.29 is 17.6 Å². The molecule has 0 aliphatic rings. The quantitative estimate of drug-likeness (QED) is 0.404. The van der Waals surface area contributed by atoms with E-state index in [9.17, 15) is 17.6 Å². The van der Waals surface area contributed by atoms with Crippen LogP contribution in [0.3, 0.4) is 0 Å². The Morgan fingerprint density at radius 1 is 1.07 bits per heavy atom. The maximum Gasteiger partial charge on any atom is 0.417 e. The van der Waals surface area contributed by atoms with Crippen molar-refractivity contribution in [3.8, 4) is 5.82 Å². The molecule has 0 aliphatic carbocycles. The third-order valence-corrected chi connectivity index (χ3v) is 3.88. The Kier molecular flexibility index (Phi) is 5.06. The van der Waals surface area contributed by atoms with E-state index in [-0.39, 0.29) is 5.82 Å². The number of alkyl halides is 3. The van der Waals surface area contributed by atoms with Gasteiger partial charge in [0, 0.05) is 18.1 Å². The van der Waals surface area contributed by atoms with Crippen LogP contribution in [0.1, 0.15) is 18.2 Å². The Hall–Kier alpha value is -3.40. The lowest BCUT2D eigenvalue weighted by atomic mass is 10.2. The van der Waals surface area contributed by atoms with E-state index in [1.54, 1.807) is 6.92 Å². The summed E-state index contributed by atoms with van der Waals surface area (Å²) in [6, 6.07) is 7.62. The van der Waals surface area contributed by atoms with Crippen LogP contribution in [0.25, 0.3) is 11.5 Å². The first kappa shape index (κ1) is 19.4. The van der Waals surface area contributed by atoms with Gasteiger partial charge in [-0.25, -0.2) is 20.2 Å². The molecule has 146 valence electrons. The molecule has 0 saturated heterocycles. The van der Waals surface area contributed by atoms with Crippen LogP contribution in [0.5, 0.6) is 0 Å². The van der Waals surface area contributed by atoms with Crippen molar-refractivity contribution in [1.82, 2.24) is 14.5 Å². The first-order valence-electron chi connectivity index (χ1n) is 8.01. The molecule has 0 aliphatic heterocycles. The topological polar surface area (TPSA) is 86.0 Å². The lowest BCUT2D eigenvalue weighted by Gasteiger charge is -2.22. The van der Waals surface area contributed by atoms with E-state index in [4.69, 9.17) is 11.6 Å². The molecule has 10 heteroatoms. The molecule has 0 spiro atoms. The molecule has 0 fully saturated rings. The van der Waals surface area contributed by atoms with E-state index in [2.05, 4.69) is 9.97 Å². The highest BCUT2D eigenvalue weighted by molar-refractivity contribution is 5.78. The van der Waals surface area contributed by atoms with Crippen molar-refractivity contribution in [3.05, 3.63) is 77.9 Å². The number of hydrogen-bond acceptors (Lipinski definition) is 5. The fourth-order valence-electron chi connectivity index (χ4n) is 2.52. The molecule has 3 aromatic rings. The molecule has 1 aromatic carbocycles. The zero-order valence-electron chi connectivity index (χ0n) is 14.7. The number of allylic oxidation sites excluding steroid dienone is 1. The minimum atomic E-state index is -4.46. The molecule has 0 radical (unpaired) electrons. The number of pyridine rings is 1. The lowest BCUT2D eigenvalue weighted by molar-refractivity contribution is -0.137. The Balaban J connectivity index is 1.92. The Morgan fingerprint density at radius 2 is 1.75 bits per heavy atom. The maximum atomic E-state index is 13.1. The minimum Gasteiger partial charge on any atom is -0.400 e. The molecule has 0 unspecified atom stereocenters. The van der Waals surface area contributed by atoms with Gasteiger partial charge in [0.15, 0.2) is 0 Å². The normalized spacial score (nSPS) is 12.6. The molecule has 0 atom stereocenters. The molecule has 2 aromatic heterocycles. The summed E-state index contributed by atoms with van der Waals surface area (Å²) in [6.07, 6.45) is -0.807. The van der Waals surface area contributed by atoms with Crippen LogP contribution < -0.4 is 16.6 Å². The third kappa shape index (κ3) is 3.96. The monoisotopic (exact) mass is 392 g/mol. The van der Waals surface area contributed by atoms with Crippen LogP contribution in [0.4, 0.5) is 23.2 Å². The number of benzene rings is 1. The van der Waals surface area contributed by atoms with Crippen molar-refractivity contribution in [2.75, 3.05) is 5.01 Å². The third-order valence-electron chi connectivity index (χ3n) is 3.88. The first-order chi connectivity index (χ1) is 13.2. The van der Waals surface area contributed by atoms with Crippen LogP contribution in [0.2, 0.25) is 0 Å². The summed E-state index contributed by atoms with van der Waals surface area (Å²) in [6.45, 7) is 1.62. The van der Waals surface area contributed by atoms with E-state index < -0.39 is 17.6 Å². The maximum absolute atomic E-state index is 13.1. The molecule has 6 nitrogen and oxygen atoms in total. The number of imidazole rings is 1. The molecule has 0 amide bonds. The summed E-state index contributed by atoms with van der Waals surface area (Å²) in [5.74, 6) is 5.95. The highest BCUT2D eigenvalue weighted by Gasteiger charge is 2.30. The summed E-state index contributed by atoms with van der Waals surface area (Å²) in [4.78, 5) is 8.03. The zero-order valence-corrected chi connectivity index (χ0v) is 14.7. The number of nitrogens with zero attached hydrogens (tertiary/aromatic N) is 4. The van der Waals surface area contributed by atoms with Gasteiger partial charge in [0.2, 0.25) is 0 Å². The van der Waals surface area contributed by atoms with Gasteiger partial charge in [0.25, 0.3) is 0 Å². The van der Waals surface area contributed by atoms with Gasteiger partial charge in [-0.05, 0) is 43.3 Å². The Labute approximate surface area is 157 Å². The molecule has 0 bridgehead atoms. The van der Waals surface area contributed by atoms with E-state index in [1.165, 1.54) is 52.4 Å². The van der Waals surface area contributed by atoms with Gasteiger partial charge in [-0.3, -0.25) is 9.58 Å². The number of rotatable bonds is 4. The summed E-state index contributed by atoms with van der Waals surface area (Å²) >= 11 is 0. The molecular formula is C18H16F4N6. The number of anilines is 1. The smallest absolute Gasteiger partial charge is 0.400 e. The van der Waals surface area contributed by atoms with Crippen LogP contribution in [0, 0.1) is 5.82 Å². The van der Waals surface area contributed by atoms with Gasteiger partial charge < -0.3 is 5.73 Å². The van der Waals surface area contributed by atoms with Crippen molar-refractivity contribution in [3.63, 3.8) is 0 Å². The van der Waals surface area contributed by atoms with E-state index in [1.807, 2.05) is 0 Å². The first-order valence-corrected chi connectivity index (χ1v) is 8.01. The molecule has 28 heavy (non-hydrogen) atoms. The molecule has 4 N–H and O–H groups in total. The summed E-state index contributed by atoms with van der Waals surface area (Å²) in [7, 11) is 0. The van der Waals surface area contributed by atoms with Gasteiger partial charge in [-0.1, -0.05) is 0 Å². The number of hydrogen-bond donors (Lipinski definition) is 2. The van der Waals surface area contributed by atoms with Crippen molar-refractivity contribution in [2.45, 2.75) is 13.1 Å². The fraction of sp³-hybridized carbons (Fsp3) is 0.111. The number of aromatic nitrogens is 3. The number of halogens is 4. The van der Waals surface area contributed by atoms with Crippen molar-refractivity contribution in [1.29, 1.82) is 0 Å². The van der Waals surface area contributed by atoms with E-state index >= 15 is 0 Å². The predicted octanol–water partition coefficient (Wildman–Crippen LogP) is 3.45. The second kappa shape index (κ2) is 7.31. The Bertz CT molecular complexity index is 986. The van der Waals surface area contributed by atoms with E-state index in [0.29, 0.717) is 22.8 Å². The van der Waals surface area contributed by atoms with Gasteiger partial charge in [-0.2, -0.15) is 13.2 Å². The van der Waals surface area contributed by atoms with Gasteiger partial charge in [0.1, 0.15) is 29.4 Å². The van der Waals surface area contributed by atoms with Crippen LogP contribution in [-0.4, -0.2) is 14.5 Å². The molecule has 3 rings (SSSR count). The van der Waals surface area contributed by atoms with Crippen LogP contribution in [0.15, 0.2) is 60.8 Å². The standard InChI is InChI=1S/C18H16F4N6/c1-11(23)17(28(24)14-5-3-13(19)4-6-14)15-9-27(10-26-15)16-7-2-12(8-25-16)18(20,21)22/h2-10H,23-24H2,1H3/b17-11-. The highest BCUT2D eigenvalue weighted by Crippen LogP contribution is 2.29. The molecule has 2 heterocycles. The van der Waals surface area contributed by atoms with Crippen LogP contribution >= 0.6 is 0 Å². The second-order valence-electron chi connectivity index (χ2n) is 5.95. The number of hydrazine groups is 1. The second-order valence-corrected chi connectivity index (χ2v) is 5.95. The van der Waals surface area contributed by atoms with Crippen LogP contribution in [-0.2, 0) is 6.18 Å². The summed E-state index contributed by atoms with van der Waals surface area (Å²) in [5, 5.41) is 1.25. The fourth-order valence-corrected chi connectivity index (χ4v) is 2.52. The molecule has 0 saturated carbocycles. The summed E-state index contributed by atoms with van der Waals surface area (Å²) in [5.41, 5.74) is 6.65. The Morgan fingerprint density at radius 3 is 2.29 bits per heavy atom. The van der Waals surface area contributed by atoms with Gasteiger partial charge in [0.05, 0.1) is 11.3 Å². The number of nitrogens with two attached hydrogens (primary N) is 2. The minimum absolute atomic E-state index is 0.242.